The summed E-state index contributed by atoms with van der Waals surface area (Å²) in [7, 11) is 0. The minimum atomic E-state index is 0.999. The van der Waals surface area contributed by atoms with Crippen LogP contribution in [0.2, 0.25) is 0 Å². The molecule has 0 spiro atoms. The molecule has 0 unspecified atom stereocenters. The van der Waals surface area contributed by atoms with Gasteiger partial charge in [0.25, 0.3) is 0 Å². The largest absolute Gasteiger partial charge is 0.0617 e. The fraction of sp³-hybridized carbons (Fsp3) is 0.154. The molecule has 3 aromatic carbocycles. The maximum absolute atomic E-state index is 3.32. The van der Waals surface area contributed by atoms with E-state index in [4.69, 9.17) is 0 Å². The third-order valence-electron chi connectivity index (χ3n) is 4.30. The molecule has 0 aliphatic carbocycles. The first-order chi connectivity index (χ1) is 12.5. The summed E-state index contributed by atoms with van der Waals surface area (Å²) < 4.78 is 0. The van der Waals surface area contributed by atoms with Gasteiger partial charge in [-0.15, -0.1) is 0 Å². The summed E-state index contributed by atoms with van der Waals surface area (Å²) in [4.78, 5) is 0. The van der Waals surface area contributed by atoms with Crippen molar-refractivity contribution in [1.29, 1.82) is 0 Å². The highest BCUT2D eigenvalue weighted by molar-refractivity contribution is 5.52. The van der Waals surface area contributed by atoms with Crippen LogP contribution in [-0.2, 0) is 0 Å². The van der Waals surface area contributed by atoms with Crippen LogP contribution in [0.4, 0.5) is 0 Å². The molecule has 0 saturated carbocycles. The average Bonchev–Trinajstić information content (AvgIpc) is 2.61. The zero-order valence-corrected chi connectivity index (χ0v) is 15.8. The Hall–Kier alpha value is -3.22. The van der Waals surface area contributed by atoms with Crippen LogP contribution < -0.4 is 0 Å². The smallest absolute Gasteiger partial charge is 0.0307 e. The van der Waals surface area contributed by atoms with Crippen LogP contribution in [0.15, 0.2) is 60.7 Å². The molecule has 0 N–H and O–H groups in total. The van der Waals surface area contributed by atoms with Crippen molar-refractivity contribution < 1.29 is 0 Å². The van der Waals surface area contributed by atoms with E-state index in [1.165, 1.54) is 22.3 Å². The second kappa shape index (κ2) is 7.77. The Kier molecular flexibility index (Phi) is 5.26. The maximum Gasteiger partial charge on any atom is 0.0307 e. The molecule has 0 heterocycles. The topological polar surface area (TPSA) is 0 Å². The predicted octanol–water partition coefficient (Wildman–Crippen LogP) is 5.72. The number of hydrogen-bond acceptors (Lipinski definition) is 0. The standard InChI is InChI=1S/C26H22/c1-19-5-7-23(8-6-19)9-10-24-11-13-25(14-12-24)15-16-26-21(3)17-20(2)18-22(26)4/h5-8,11-14,17-18H,1-4H3. The van der Waals surface area contributed by atoms with Crippen molar-refractivity contribution in [1.82, 2.24) is 0 Å². The molecule has 126 valence electrons. The van der Waals surface area contributed by atoms with Gasteiger partial charge in [0, 0.05) is 22.3 Å². The van der Waals surface area contributed by atoms with Crippen molar-refractivity contribution in [3.8, 4) is 23.7 Å². The lowest BCUT2D eigenvalue weighted by molar-refractivity contribution is 1.30. The van der Waals surface area contributed by atoms with Crippen LogP contribution in [0.3, 0.4) is 0 Å². The van der Waals surface area contributed by atoms with Crippen molar-refractivity contribution in [3.63, 3.8) is 0 Å². The van der Waals surface area contributed by atoms with Gasteiger partial charge in [0.1, 0.15) is 0 Å². The van der Waals surface area contributed by atoms with Crippen LogP contribution in [0, 0.1) is 51.4 Å². The van der Waals surface area contributed by atoms with Gasteiger partial charge >= 0.3 is 0 Å². The summed E-state index contributed by atoms with van der Waals surface area (Å²) in [6.45, 7) is 8.44. The van der Waals surface area contributed by atoms with Crippen molar-refractivity contribution in [2.45, 2.75) is 27.7 Å². The van der Waals surface area contributed by atoms with E-state index in [0.717, 1.165) is 22.3 Å². The summed E-state index contributed by atoms with van der Waals surface area (Å²) >= 11 is 0. The Labute approximate surface area is 156 Å². The SMILES string of the molecule is Cc1ccc(C#Cc2ccc(C#Cc3c(C)cc(C)cc3C)cc2)cc1. The van der Waals surface area contributed by atoms with Crippen molar-refractivity contribution in [2.24, 2.45) is 0 Å². The van der Waals surface area contributed by atoms with E-state index in [1.807, 2.05) is 24.3 Å². The fourth-order valence-electron chi connectivity index (χ4n) is 2.93. The predicted molar refractivity (Wildman–Crippen MR) is 110 cm³/mol. The first-order valence-corrected chi connectivity index (χ1v) is 8.80. The van der Waals surface area contributed by atoms with E-state index in [0.29, 0.717) is 0 Å². The third kappa shape index (κ3) is 4.44. The second-order valence-electron chi connectivity index (χ2n) is 6.72. The van der Waals surface area contributed by atoms with E-state index in [2.05, 4.69) is 87.8 Å². The Morgan fingerprint density at radius 2 is 0.846 bits per heavy atom. The third-order valence-corrected chi connectivity index (χ3v) is 4.30. The first-order valence-electron chi connectivity index (χ1n) is 8.80. The van der Waals surface area contributed by atoms with Gasteiger partial charge < -0.3 is 0 Å². The van der Waals surface area contributed by atoms with Crippen molar-refractivity contribution >= 4 is 0 Å². The van der Waals surface area contributed by atoms with Crippen LogP contribution >= 0.6 is 0 Å². The fourth-order valence-corrected chi connectivity index (χ4v) is 2.93. The number of hydrogen-bond donors (Lipinski definition) is 0. The van der Waals surface area contributed by atoms with Gasteiger partial charge in [-0.25, -0.2) is 0 Å². The van der Waals surface area contributed by atoms with E-state index >= 15 is 0 Å². The molecule has 3 rings (SSSR count). The van der Waals surface area contributed by atoms with Crippen molar-refractivity contribution in [2.75, 3.05) is 0 Å². The molecule has 0 saturated heterocycles. The highest BCUT2D eigenvalue weighted by atomic mass is 14.0. The summed E-state index contributed by atoms with van der Waals surface area (Å²) in [5.74, 6) is 13.0. The quantitative estimate of drug-likeness (QED) is 0.461. The molecular weight excluding hydrogens is 312 g/mol. The minimum Gasteiger partial charge on any atom is -0.0617 e. The number of rotatable bonds is 0. The molecule has 0 atom stereocenters. The molecule has 0 nitrogen and oxygen atoms in total. The molecule has 0 fully saturated rings. The van der Waals surface area contributed by atoms with Crippen LogP contribution in [0.5, 0.6) is 0 Å². The summed E-state index contributed by atoms with van der Waals surface area (Å²) in [6.07, 6.45) is 0. The lowest BCUT2D eigenvalue weighted by atomic mass is 10.00. The van der Waals surface area contributed by atoms with Crippen LogP contribution in [-0.4, -0.2) is 0 Å². The highest BCUT2D eigenvalue weighted by Crippen LogP contribution is 2.15. The first kappa shape index (κ1) is 17.6. The summed E-state index contributed by atoms with van der Waals surface area (Å²) in [6, 6.07) is 20.7. The van der Waals surface area contributed by atoms with Crippen molar-refractivity contribution in [3.05, 3.63) is 105 Å². The normalized spacial score (nSPS) is 9.69. The maximum atomic E-state index is 3.32. The Morgan fingerprint density at radius 1 is 0.462 bits per heavy atom. The zero-order chi connectivity index (χ0) is 18.5. The van der Waals surface area contributed by atoms with Gasteiger partial charge in [0.05, 0.1) is 0 Å². The van der Waals surface area contributed by atoms with E-state index < -0.39 is 0 Å². The molecular formula is C26H22. The summed E-state index contributed by atoms with van der Waals surface area (Å²) in [5.41, 5.74) is 9.15. The zero-order valence-electron chi connectivity index (χ0n) is 15.8. The van der Waals surface area contributed by atoms with E-state index in [9.17, 15) is 0 Å². The number of aryl methyl sites for hydroxylation is 4. The monoisotopic (exact) mass is 334 g/mol. The van der Waals surface area contributed by atoms with Gasteiger partial charge in [-0.05, 0) is 75.2 Å². The lowest BCUT2D eigenvalue weighted by Crippen LogP contribution is -1.89. The highest BCUT2D eigenvalue weighted by Gasteiger charge is 2.00. The van der Waals surface area contributed by atoms with Gasteiger partial charge in [0.15, 0.2) is 0 Å². The lowest BCUT2D eigenvalue weighted by Gasteiger charge is -2.04. The van der Waals surface area contributed by atoms with Gasteiger partial charge in [-0.3, -0.25) is 0 Å². The van der Waals surface area contributed by atoms with Gasteiger partial charge in [-0.1, -0.05) is 59.1 Å². The Bertz CT molecular complexity index is 1020. The van der Waals surface area contributed by atoms with Gasteiger partial charge in [-0.2, -0.15) is 0 Å². The van der Waals surface area contributed by atoms with E-state index in [-0.39, 0.29) is 0 Å². The summed E-state index contributed by atoms with van der Waals surface area (Å²) in [5, 5.41) is 0. The Morgan fingerprint density at radius 3 is 1.31 bits per heavy atom. The molecule has 0 aromatic heterocycles. The molecule has 0 aliphatic rings. The van der Waals surface area contributed by atoms with Crippen LogP contribution in [0.25, 0.3) is 0 Å². The molecule has 0 amide bonds. The molecule has 26 heavy (non-hydrogen) atoms. The van der Waals surface area contributed by atoms with Crippen LogP contribution in [0.1, 0.15) is 44.5 Å². The Balaban J connectivity index is 1.79. The second-order valence-corrected chi connectivity index (χ2v) is 6.72. The molecule has 0 radical (unpaired) electrons. The minimum absolute atomic E-state index is 0.999. The average molecular weight is 334 g/mol. The molecule has 0 aliphatic heterocycles. The van der Waals surface area contributed by atoms with Gasteiger partial charge in [0.2, 0.25) is 0 Å². The molecule has 0 heteroatoms. The molecule has 3 aromatic rings. The van der Waals surface area contributed by atoms with E-state index in [1.54, 1.807) is 0 Å². The molecule has 0 bridgehead atoms. The number of benzene rings is 3.